The van der Waals surface area contributed by atoms with E-state index in [4.69, 9.17) is 0 Å². The fourth-order valence-electron chi connectivity index (χ4n) is 1.87. The van der Waals surface area contributed by atoms with E-state index >= 15 is 0 Å². The van der Waals surface area contributed by atoms with E-state index < -0.39 is 0 Å². The molecule has 3 heteroatoms. The third kappa shape index (κ3) is 3.15. The van der Waals surface area contributed by atoms with Crippen molar-refractivity contribution in [2.75, 3.05) is 0 Å². The standard InChI is InChI=1S/C15H14Br2O/c1-2-10-3-5-11(6-4-10)7-12-8-13(16)9-14(17)15(12)18/h3-6,8-9,18H,2,7H2,1H3. The first kappa shape index (κ1) is 13.6. The molecule has 0 aliphatic rings. The van der Waals surface area contributed by atoms with Crippen LogP contribution in [0.5, 0.6) is 5.75 Å². The molecule has 1 nitrogen and oxygen atoms in total. The van der Waals surface area contributed by atoms with Gasteiger partial charge in [-0.15, -0.1) is 0 Å². The molecule has 0 aliphatic heterocycles. The quantitative estimate of drug-likeness (QED) is 0.800. The van der Waals surface area contributed by atoms with Crippen LogP contribution >= 0.6 is 31.9 Å². The second-order valence-corrected chi connectivity index (χ2v) is 6.01. The van der Waals surface area contributed by atoms with Crippen LogP contribution in [-0.4, -0.2) is 5.11 Å². The minimum atomic E-state index is 0.317. The molecule has 0 aromatic heterocycles. The van der Waals surface area contributed by atoms with Gasteiger partial charge in [0.1, 0.15) is 5.75 Å². The second-order valence-electron chi connectivity index (χ2n) is 4.24. The number of benzene rings is 2. The first-order chi connectivity index (χ1) is 8.60. The maximum Gasteiger partial charge on any atom is 0.133 e. The molecule has 2 rings (SSSR count). The van der Waals surface area contributed by atoms with Gasteiger partial charge in [0.25, 0.3) is 0 Å². The van der Waals surface area contributed by atoms with E-state index in [1.165, 1.54) is 11.1 Å². The summed E-state index contributed by atoms with van der Waals surface area (Å²) in [6.07, 6.45) is 1.78. The highest BCUT2D eigenvalue weighted by molar-refractivity contribution is 9.11. The molecule has 0 aliphatic carbocycles. The number of rotatable bonds is 3. The molecular formula is C15H14Br2O. The van der Waals surface area contributed by atoms with Crippen LogP contribution in [0.3, 0.4) is 0 Å². The van der Waals surface area contributed by atoms with Crippen LogP contribution in [0.1, 0.15) is 23.6 Å². The van der Waals surface area contributed by atoms with Gasteiger partial charge in [0.2, 0.25) is 0 Å². The Morgan fingerprint density at radius 2 is 1.61 bits per heavy atom. The first-order valence-corrected chi connectivity index (χ1v) is 7.43. The number of aromatic hydroxyl groups is 1. The summed E-state index contributed by atoms with van der Waals surface area (Å²) in [6.45, 7) is 2.15. The van der Waals surface area contributed by atoms with Crippen LogP contribution in [0.2, 0.25) is 0 Å². The Hall–Kier alpha value is -0.800. The molecule has 0 heterocycles. The van der Waals surface area contributed by atoms with Gasteiger partial charge in [0.15, 0.2) is 0 Å². The van der Waals surface area contributed by atoms with E-state index in [0.29, 0.717) is 5.75 Å². The summed E-state index contributed by atoms with van der Waals surface area (Å²) in [5.41, 5.74) is 3.45. The highest BCUT2D eigenvalue weighted by Gasteiger charge is 2.08. The third-order valence-electron chi connectivity index (χ3n) is 2.93. The van der Waals surface area contributed by atoms with Crippen molar-refractivity contribution >= 4 is 31.9 Å². The molecule has 2 aromatic rings. The SMILES string of the molecule is CCc1ccc(Cc2cc(Br)cc(Br)c2O)cc1. The van der Waals surface area contributed by atoms with Crippen molar-refractivity contribution in [1.29, 1.82) is 0 Å². The van der Waals surface area contributed by atoms with Crippen LogP contribution in [0.15, 0.2) is 45.3 Å². The Morgan fingerprint density at radius 3 is 2.22 bits per heavy atom. The van der Waals surface area contributed by atoms with E-state index in [9.17, 15) is 5.11 Å². The molecular weight excluding hydrogens is 356 g/mol. The summed E-state index contributed by atoms with van der Waals surface area (Å²) in [5.74, 6) is 0.317. The molecule has 0 bridgehead atoms. The molecule has 2 aromatic carbocycles. The van der Waals surface area contributed by atoms with Crippen LogP contribution in [-0.2, 0) is 12.8 Å². The molecule has 0 atom stereocenters. The van der Waals surface area contributed by atoms with Gasteiger partial charge < -0.3 is 5.11 Å². The number of hydrogen-bond acceptors (Lipinski definition) is 1. The average molecular weight is 370 g/mol. The van der Waals surface area contributed by atoms with Crippen LogP contribution in [0, 0.1) is 0 Å². The summed E-state index contributed by atoms with van der Waals surface area (Å²) in [5, 5.41) is 10.0. The van der Waals surface area contributed by atoms with Gasteiger partial charge in [-0.05, 0) is 45.6 Å². The van der Waals surface area contributed by atoms with E-state index in [-0.39, 0.29) is 0 Å². The number of phenols is 1. The molecule has 18 heavy (non-hydrogen) atoms. The van der Waals surface area contributed by atoms with Crippen molar-refractivity contribution in [3.8, 4) is 5.75 Å². The highest BCUT2D eigenvalue weighted by atomic mass is 79.9. The van der Waals surface area contributed by atoms with E-state index in [0.717, 1.165) is 27.4 Å². The lowest BCUT2D eigenvalue weighted by Crippen LogP contribution is -1.91. The smallest absolute Gasteiger partial charge is 0.133 e. The largest absolute Gasteiger partial charge is 0.506 e. The predicted molar refractivity (Wildman–Crippen MR) is 82.1 cm³/mol. The lowest BCUT2D eigenvalue weighted by Gasteiger charge is -2.08. The van der Waals surface area contributed by atoms with Crippen LogP contribution in [0.25, 0.3) is 0 Å². The number of phenolic OH excluding ortho intramolecular Hbond substituents is 1. The molecule has 0 saturated heterocycles. The lowest BCUT2D eigenvalue weighted by molar-refractivity contribution is 0.466. The Bertz CT molecular complexity index is 547. The molecule has 0 fully saturated rings. The summed E-state index contributed by atoms with van der Waals surface area (Å²) in [6, 6.07) is 12.3. The normalized spacial score (nSPS) is 10.6. The van der Waals surface area contributed by atoms with Crippen molar-refractivity contribution in [3.05, 3.63) is 62.0 Å². The Kier molecular flexibility index (Phi) is 4.46. The number of aryl methyl sites for hydroxylation is 1. The lowest BCUT2D eigenvalue weighted by atomic mass is 10.0. The zero-order valence-corrected chi connectivity index (χ0v) is 13.3. The van der Waals surface area contributed by atoms with Gasteiger partial charge >= 0.3 is 0 Å². The molecule has 1 N–H and O–H groups in total. The van der Waals surface area contributed by atoms with Crippen molar-refractivity contribution in [1.82, 2.24) is 0 Å². The summed E-state index contributed by atoms with van der Waals surface area (Å²) >= 11 is 6.80. The minimum absolute atomic E-state index is 0.317. The second kappa shape index (κ2) is 5.89. The Labute approximate surface area is 124 Å². The van der Waals surface area contributed by atoms with Crippen molar-refractivity contribution in [2.24, 2.45) is 0 Å². The van der Waals surface area contributed by atoms with Gasteiger partial charge in [0.05, 0.1) is 4.47 Å². The van der Waals surface area contributed by atoms with Gasteiger partial charge in [-0.1, -0.05) is 47.1 Å². The Balaban J connectivity index is 2.27. The predicted octanol–water partition coefficient (Wildman–Crippen LogP) is 5.07. The zero-order valence-electron chi connectivity index (χ0n) is 10.1. The molecule has 0 spiro atoms. The summed E-state index contributed by atoms with van der Waals surface area (Å²) in [4.78, 5) is 0. The van der Waals surface area contributed by atoms with E-state index in [1.54, 1.807) is 0 Å². The molecule has 0 radical (unpaired) electrons. The molecule has 94 valence electrons. The topological polar surface area (TPSA) is 20.2 Å². The zero-order chi connectivity index (χ0) is 13.1. The summed E-state index contributed by atoms with van der Waals surface area (Å²) < 4.78 is 1.68. The van der Waals surface area contributed by atoms with E-state index in [1.807, 2.05) is 12.1 Å². The molecule has 0 unspecified atom stereocenters. The van der Waals surface area contributed by atoms with Crippen LogP contribution < -0.4 is 0 Å². The van der Waals surface area contributed by atoms with Gasteiger partial charge in [-0.25, -0.2) is 0 Å². The monoisotopic (exact) mass is 368 g/mol. The number of hydrogen-bond donors (Lipinski definition) is 1. The van der Waals surface area contributed by atoms with E-state index in [2.05, 4.69) is 63.0 Å². The fraction of sp³-hybridized carbons (Fsp3) is 0.200. The van der Waals surface area contributed by atoms with Gasteiger partial charge in [-0.2, -0.15) is 0 Å². The van der Waals surface area contributed by atoms with Gasteiger partial charge in [0, 0.05) is 16.5 Å². The number of halogens is 2. The fourth-order valence-corrected chi connectivity index (χ4v) is 3.18. The van der Waals surface area contributed by atoms with Gasteiger partial charge in [-0.3, -0.25) is 0 Å². The first-order valence-electron chi connectivity index (χ1n) is 5.85. The van der Waals surface area contributed by atoms with Crippen molar-refractivity contribution in [2.45, 2.75) is 19.8 Å². The summed E-state index contributed by atoms with van der Waals surface area (Å²) in [7, 11) is 0. The molecule has 0 saturated carbocycles. The minimum Gasteiger partial charge on any atom is -0.506 e. The Morgan fingerprint density at radius 1 is 1.00 bits per heavy atom. The average Bonchev–Trinajstić information content (AvgIpc) is 2.36. The van der Waals surface area contributed by atoms with Crippen molar-refractivity contribution in [3.63, 3.8) is 0 Å². The maximum absolute atomic E-state index is 10.0. The highest BCUT2D eigenvalue weighted by Crippen LogP contribution is 2.33. The van der Waals surface area contributed by atoms with Crippen LogP contribution in [0.4, 0.5) is 0 Å². The third-order valence-corrected chi connectivity index (χ3v) is 4.00. The molecule has 0 amide bonds. The van der Waals surface area contributed by atoms with Crippen molar-refractivity contribution < 1.29 is 5.11 Å². The maximum atomic E-state index is 10.0.